The van der Waals surface area contributed by atoms with Gasteiger partial charge in [-0.2, -0.15) is 0 Å². The predicted molar refractivity (Wildman–Crippen MR) is 117 cm³/mol. The van der Waals surface area contributed by atoms with E-state index in [2.05, 4.69) is 10.2 Å². The molecule has 2 aromatic carbocycles. The number of phenolic OH excluding ortho intramolecular Hbond substituents is 1. The van der Waals surface area contributed by atoms with E-state index in [9.17, 15) is 23.4 Å². The molecule has 0 aliphatic carbocycles. The van der Waals surface area contributed by atoms with E-state index in [-0.39, 0.29) is 29.7 Å². The van der Waals surface area contributed by atoms with Crippen molar-refractivity contribution in [3.8, 4) is 5.75 Å². The Kier molecular flexibility index (Phi) is 7.19. The average molecular weight is 449 g/mol. The SMILES string of the molecule is CS(=O)(=O)c1cc(C(O)CNC2CCN(c3ccc(CC(=O)O)cc3)CC2)ccc1O. The first-order valence-electron chi connectivity index (χ1n) is 10.1. The summed E-state index contributed by atoms with van der Waals surface area (Å²) in [4.78, 5) is 12.9. The van der Waals surface area contributed by atoms with Crippen molar-refractivity contribution in [3.63, 3.8) is 0 Å². The number of aromatic hydroxyl groups is 1. The number of piperidine rings is 1. The molecule has 3 rings (SSSR count). The first kappa shape index (κ1) is 23.1. The molecule has 9 heteroatoms. The van der Waals surface area contributed by atoms with E-state index in [1.165, 1.54) is 18.2 Å². The second-order valence-corrected chi connectivity index (χ2v) is 9.91. The molecule has 1 aliphatic heterocycles. The molecule has 1 saturated heterocycles. The summed E-state index contributed by atoms with van der Waals surface area (Å²) in [6.45, 7) is 1.95. The van der Waals surface area contributed by atoms with Crippen LogP contribution in [-0.4, -0.2) is 61.6 Å². The Bertz CT molecular complexity index is 1010. The molecule has 0 amide bonds. The first-order valence-corrected chi connectivity index (χ1v) is 12.0. The van der Waals surface area contributed by atoms with Crippen molar-refractivity contribution in [1.82, 2.24) is 5.32 Å². The number of rotatable bonds is 8. The maximum atomic E-state index is 11.8. The highest BCUT2D eigenvalue weighted by Crippen LogP contribution is 2.27. The number of carboxylic acids is 1. The quantitative estimate of drug-likeness (QED) is 0.481. The number of carbonyl (C=O) groups is 1. The van der Waals surface area contributed by atoms with Crippen molar-refractivity contribution < 1.29 is 28.5 Å². The lowest BCUT2D eigenvalue weighted by Gasteiger charge is -2.34. The van der Waals surface area contributed by atoms with Crippen LogP contribution in [0.15, 0.2) is 47.4 Å². The number of hydrogen-bond donors (Lipinski definition) is 4. The van der Waals surface area contributed by atoms with Crippen molar-refractivity contribution in [3.05, 3.63) is 53.6 Å². The number of aliphatic hydroxyl groups excluding tert-OH is 1. The zero-order valence-corrected chi connectivity index (χ0v) is 18.2. The molecule has 0 radical (unpaired) electrons. The van der Waals surface area contributed by atoms with Crippen molar-refractivity contribution in [2.75, 3.05) is 30.8 Å². The molecule has 0 aromatic heterocycles. The summed E-state index contributed by atoms with van der Waals surface area (Å²) in [7, 11) is -3.58. The van der Waals surface area contributed by atoms with Crippen LogP contribution in [0.25, 0.3) is 0 Å². The van der Waals surface area contributed by atoms with Crippen LogP contribution in [0.4, 0.5) is 5.69 Å². The van der Waals surface area contributed by atoms with Crippen LogP contribution in [0.2, 0.25) is 0 Å². The molecule has 168 valence electrons. The van der Waals surface area contributed by atoms with Gasteiger partial charge in [0.15, 0.2) is 9.84 Å². The summed E-state index contributed by atoms with van der Waals surface area (Å²) in [5.74, 6) is -1.17. The standard InChI is InChI=1S/C22H28N2O6S/c1-31(29,30)21-13-16(4-7-19(21)25)20(26)14-23-17-8-10-24(11-9-17)18-5-2-15(3-6-18)12-22(27)28/h2-7,13,17,20,23,25-26H,8-12,14H2,1H3,(H,27,28). The summed E-state index contributed by atoms with van der Waals surface area (Å²) in [6, 6.07) is 11.9. The van der Waals surface area contributed by atoms with Crippen LogP contribution < -0.4 is 10.2 Å². The van der Waals surface area contributed by atoms with Gasteiger partial charge in [0.05, 0.1) is 12.5 Å². The van der Waals surface area contributed by atoms with Crippen molar-refractivity contribution in [2.24, 2.45) is 0 Å². The summed E-state index contributed by atoms with van der Waals surface area (Å²) in [6.07, 6.45) is 1.91. The van der Waals surface area contributed by atoms with E-state index < -0.39 is 21.9 Å². The third-order valence-corrected chi connectivity index (χ3v) is 6.65. The minimum atomic E-state index is -3.58. The fourth-order valence-electron chi connectivity index (χ4n) is 3.77. The van der Waals surface area contributed by atoms with Crippen molar-refractivity contribution >= 4 is 21.5 Å². The molecule has 0 spiro atoms. The summed E-state index contributed by atoms with van der Waals surface area (Å²) in [5, 5.41) is 32.4. The Balaban J connectivity index is 1.51. The van der Waals surface area contributed by atoms with Gasteiger partial charge in [-0.15, -0.1) is 0 Å². The molecule has 8 nitrogen and oxygen atoms in total. The van der Waals surface area contributed by atoms with Gasteiger partial charge in [-0.1, -0.05) is 18.2 Å². The van der Waals surface area contributed by atoms with Gasteiger partial charge < -0.3 is 25.5 Å². The number of nitrogens with one attached hydrogen (secondary N) is 1. The predicted octanol–water partition coefficient (Wildman–Crippen LogP) is 1.71. The number of nitrogens with zero attached hydrogens (tertiary/aromatic N) is 1. The molecular formula is C22H28N2O6S. The number of hydrogen-bond acceptors (Lipinski definition) is 7. The average Bonchev–Trinajstić information content (AvgIpc) is 2.72. The molecule has 0 saturated carbocycles. The zero-order valence-electron chi connectivity index (χ0n) is 17.4. The fraction of sp³-hybridized carbons (Fsp3) is 0.409. The number of phenols is 1. The van der Waals surface area contributed by atoms with Crippen LogP contribution in [0.3, 0.4) is 0 Å². The van der Waals surface area contributed by atoms with Crippen LogP contribution in [0.5, 0.6) is 5.75 Å². The van der Waals surface area contributed by atoms with E-state index >= 15 is 0 Å². The topological polar surface area (TPSA) is 127 Å². The van der Waals surface area contributed by atoms with Gasteiger partial charge in [0.1, 0.15) is 10.6 Å². The number of anilines is 1. The molecule has 1 unspecified atom stereocenters. The number of carboxylic acid groups (broad SMARTS) is 1. The Hall–Kier alpha value is -2.62. The van der Waals surface area contributed by atoms with Crippen LogP contribution in [0, 0.1) is 0 Å². The maximum absolute atomic E-state index is 11.8. The van der Waals surface area contributed by atoms with E-state index in [0.29, 0.717) is 5.56 Å². The van der Waals surface area contributed by atoms with Gasteiger partial charge in [-0.25, -0.2) is 8.42 Å². The monoisotopic (exact) mass is 448 g/mol. The summed E-state index contributed by atoms with van der Waals surface area (Å²) >= 11 is 0. The Labute approximate surface area is 182 Å². The third kappa shape index (κ3) is 6.19. The Morgan fingerprint density at radius 3 is 2.39 bits per heavy atom. The van der Waals surface area contributed by atoms with Crippen LogP contribution >= 0.6 is 0 Å². The van der Waals surface area contributed by atoms with E-state index in [4.69, 9.17) is 5.11 Å². The molecule has 1 aliphatic rings. The second kappa shape index (κ2) is 9.67. The minimum absolute atomic E-state index is 0.0152. The number of benzene rings is 2. The zero-order chi connectivity index (χ0) is 22.6. The highest BCUT2D eigenvalue weighted by molar-refractivity contribution is 7.90. The van der Waals surface area contributed by atoms with Gasteiger partial charge in [-0.05, 0) is 48.2 Å². The minimum Gasteiger partial charge on any atom is -0.507 e. The molecule has 31 heavy (non-hydrogen) atoms. The largest absolute Gasteiger partial charge is 0.507 e. The van der Waals surface area contributed by atoms with Gasteiger partial charge in [-0.3, -0.25) is 4.79 Å². The molecular weight excluding hydrogens is 420 g/mol. The van der Waals surface area contributed by atoms with Gasteiger partial charge in [0.2, 0.25) is 0 Å². The van der Waals surface area contributed by atoms with Crippen molar-refractivity contribution in [2.45, 2.75) is 36.3 Å². The number of sulfone groups is 1. The summed E-state index contributed by atoms with van der Waals surface area (Å²) < 4.78 is 23.5. The normalized spacial score (nSPS) is 16.3. The van der Waals surface area contributed by atoms with E-state index in [0.717, 1.165) is 43.4 Å². The Morgan fingerprint density at radius 2 is 1.81 bits per heavy atom. The van der Waals surface area contributed by atoms with E-state index in [1.807, 2.05) is 24.3 Å². The van der Waals surface area contributed by atoms with Crippen molar-refractivity contribution in [1.29, 1.82) is 0 Å². The van der Waals surface area contributed by atoms with Crippen LogP contribution in [0.1, 0.15) is 30.1 Å². The smallest absolute Gasteiger partial charge is 0.307 e. The lowest BCUT2D eigenvalue weighted by Crippen LogP contribution is -2.43. The van der Waals surface area contributed by atoms with Crippen LogP contribution in [-0.2, 0) is 21.1 Å². The first-order chi connectivity index (χ1) is 14.6. The van der Waals surface area contributed by atoms with E-state index in [1.54, 1.807) is 0 Å². The lowest BCUT2D eigenvalue weighted by molar-refractivity contribution is -0.136. The van der Waals surface area contributed by atoms with Gasteiger partial charge in [0, 0.05) is 37.6 Å². The molecule has 0 bridgehead atoms. The molecule has 1 atom stereocenters. The fourth-order valence-corrected chi connectivity index (χ4v) is 4.57. The maximum Gasteiger partial charge on any atom is 0.307 e. The molecule has 4 N–H and O–H groups in total. The van der Waals surface area contributed by atoms with Gasteiger partial charge in [0.25, 0.3) is 0 Å². The molecule has 2 aromatic rings. The second-order valence-electron chi connectivity index (χ2n) is 7.92. The number of aliphatic hydroxyl groups is 1. The Morgan fingerprint density at radius 1 is 1.16 bits per heavy atom. The molecule has 1 fully saturated rings. The highest BCUT2D eigenvalue weighted by Gasteiger charge is 2.21. The third-order valence-electron chi connectivity index (χ3n) is 5.52. The van der Waals surface area contributed by atoms with Gasteiger partial charge >= 0.3 is 5.97 Å². The summed E-state index contributed by atoms with van der Waals surface area (Å²) in [5.41, 5.74) is 2.27. The number of aliphatic carboxylic acids is 1. The lowest BCUT2D eigenvalue weighted by atomic mass is 10.0. The molecule has 1 heterocycles. The highest BCUT2D eigenvalue weighted by atomic mass is 32.2.